The third kappa shape index (κ3) is 6.79. The normalized spacial score (nSPS) is 10.6. The molecule has 0 bridgehead atoms. The van der Waals surface area contributed by atoms with Gasteiger partial charge in [0.2, 0.25) is 5.89 Å². The number of nitrogens with one attached hydrogen (secondary N) is 2. The van der Waals surface area contributed by atoms with Crippen molar-refractivity contribution in [2.75, 3.05) is 31.6 Å². The average molecular weight is 484 g/mol. The molecule has 2 amide bonds. The third-order valence-corrected chi connectivity index (χ3v) is 5.70. The lowest BCUT2D eigenvalue weighted by Crippen LogP contribution is -2.29. The summed E-state index contributed by atoms with van der Waals surface area (Å²) >= 11 is 0. The van der Waals surface area contributed by atoms with Crippen LogP contribution in [0.2, 0.25) is 0 Å². The van der Waals surface area contributed by atoms with Crippen LogP contribution >= 0.6 is 0 Å². The first-order chi connectivity index (χ1) is 17.6. The Balaban J connectivity index is 1.17. The van der Waals surface area contributed by atoms with E-state index < -0.39 is 0 Å². The Morgan fingerprint density at radius 1 is 0.806 bits per heavy atom. The number of rotatable bonds is 11. The van der Waals surface area contributed by atoms with Gasteiger partial charge in [-0.1, -0.05) is 65.8 Å². The maximum absolute atomic E-state index is 12.4. The molecular formula is C28H29N5O3. The highest BCUT2D eigenvalue weighted by atomic mass is 16.5. The van der Waals surface area contributed by atoms with Crippen molar-refractivity contribution in [3.05, 3.63) is 102 Å². The highest BCUT2D eigenvalue weighted by Gasteiger charge is 2.14. The fraction of sp³-hybridized carbons (Fsp3) is 0.214. The summed E-state index contributed by atoms with van der Waals surface area (Å²) in [5.41, 5.74) is 3.84. The van der Waals surface area contributed by atoms with E-state index in [-0.39, 0.29) is 17.6 Å². The molecule has 4 aromatic rings. The van der Waals surface area contributed by atoms with Gasteiger partial charge in [0.05, 0.1) is 0 Å². The Kier molecular flexibility index (Phi) is 8.43. The summed E-state index contributed by atoms with van der Waals surface area (Å²) in [5, 5.41) is 9.40. The van der Waals surface area contributed by atoms with E-state index in [2.05, 4.69) is 25.7 Å². The summed E-state index contributed by atoms with van der Waals surface area (Å²) < 4.78 is 5.16. The standard InChI is InChI=1S/C28H29N5O3/c1-33(24-11-6-3-7-12-24)20-8-18-29-28(35)26-31-25(36-32-26)17-19-30-27(34)23-15-13-22(14-16-23)21-9-4-2-5-10-21/h2-7,9-16H,8,17-20H2,1H3,(H,29,35)(H,30,34). The Labute approximate surface area is 210 Å². The second kappa shape index (κ2) is 12.3. The largest absolute Gasteiger partial charge is 0.375 e. The van der Waals surface area contributed by atoms with Gasteiger partial charge in [-0.05, 0) is 41.8 Å². The monoisotopic (exact) mass is 483 g/mol. The minimum atomic E-state index is -0.380. The predicted octanol–water partition coefficient (Wildman–Crippen LogP) is 3.97. The molecule has 0 saturated heterocycles. The number of aromatic nitrogens is 2. The first-order valence-electron chi connectivity index (χ1n) is 11.9. The molecule has 0 saturated carbocycles. The van der Waals surface area contributed by atoms with Gasteiger partial charge in [0.1, 0.15) is 0 Å². The number of nitrogens with zero attached hydrogens (tertiary/aromatic N) is 3. The lowest BCUT2D eigenvalue weighted by molar-refractivity contribution is 0.0936. The van der Waals surface area contributed by atoms with Gasteiger partial charge in [0.15, 0.2) is 0 Å². The molecule has 36 heavy (non-hydrogen) atoms. The van der Waals surface area contributed by atoms with Crippen molar-refractivity contribution < 1.29 is 14.1 Å². The molecule has 3 aromatic carbocycles. The fourth-order valence-corrected chi connectivity index (χ4v) is 3.69. The zero-order valence-corrected chi connectivity index (χ0v) is 20.2. The molecule has 8 nitrogen and oxygen atoms in total. The average Bonchev–Trinajstić information content (AvgIpc) is 3.41. The second-order valence-corrected chi connectivity index (χ2v) is 8.33. The van der Waals surface area contributed by atoms with Gasteiger partial charge < -0.3 is 20.1 Å². The van der Waals surface area contributed by atoms with E-state index >= 15 is 0 Å². The summed E-state index contributed by atoms with van der Waals surface area (Å²) in [6.07, 6.45) is 1.11. The molecule has 1 heterocycles. The Bertz CT molecular complexity index is 1260. The van der Waals surface area contributed by atoms with Gasteiger partial charge >= 0.3 is 0 Å². The van der Waals surface area contributed by atoms with Crippen LogP contribution in [0.15, 0.2) is 89.5 Å². The fourth-order valence-electron chi connectivity index (χ4n) is 3.69. The first kappa shape index (κ1) is 24.7. The van der Waals surface area contributed by atoms with Crippen LogP contribution in [0, 0.1) is 0 Å². The van der Waals surface area contributed by atoms with Gasteiger partial charge in [0.25, 0.3) is 17.6 Å². The lowest BCUT2D eigenvalue weighted by atomic mass is 10.0. The molecule has 0 spiro atoms. The second-order valence-electron chi connectivity index (χ2n) is 8.33. The highest BCUT2D eigenvalue weighted by Crippen LogP contribution is 2.19. The van der Waals surface area contributed by atoms with Gasteiger partial charge in [-0.2, -0.15) is 4.98 Å². The van der Waals surface area contributed by atoms with Crippen molar-refractivity contribution >= 4 is 17.5 Å². The van der Waals surface area contributed by atoms with Gasteiger partial charge in [-0.15, -0.1) is 0 Å². The molecule has 4 rings (SSSR count). The third-order valence-electron chi connectivity index (χ3n) is 5.70. The molecule has 0 unspecified atom stereocenters. The molecule has 0 aliphatic rings. The predicted molar refractivity (Wildman–Crippen MR) is 139 cm³/mol. The number of para-hydroxylation sites is 1. The van der Waals surface area contributed by atoms with Crippen LogP contribution in [0.1, 0.15) is 33.3 Å². The molecule has 0 aliphatic carbocycles. The summed E-state index contributed by atoms with van der Waals surface area (Å²) in [5.74, 6) is -0.282. The van der Waals surface area contributed by atoms with E-state index in [1.54, 1.807) is 12.1 Å². The Morgan fingerprint density at radius 3 is 2.17 bits per heavy atom. The van der Waals surface area contributed by atoms with Crippen molar-refractivity contribution in [1.29, 1.82) is 0 Å². The minimum Gasteiger partial charge on any atom is -0.375 e. The topological polar surface area (TPSA) is 100 Å². The van der Waals surface area contributed by atoms with Crippen LogP contribution in [0.5, 0.6) is 0 Å². The number of anilines is 1. The van der Waals surface area contributed by atoms with Gasteiger partial charge in [-0.3, -0.25) is 9.59 Å². The van der Waals surface area contributed by atoms with E-state index in [0.29, 0.717) is 31.0 Å². The van der Waals surface area contributed by atoms with E-state index in [4.69, 9.17) is 4.52 Å². The van der Waals surface area contributed by atoms with Gasteiger partial charge in [0, 0.05) is 44.4 Å². The van der Waals surface area contributed by atoms with Crippen molar-refractivity contribution in [2.45, 2.75) is 12.8 Å². The van der Waals surface area contributed by atoms with Crippen molar-refractivity contribution in [3.63, 3.8) is 0 Å². The quantitative estimate of drug-likeness (QED) is 0.313. The summed E-state index contributed by atoms with van der Waals surface area (Å²) in [6, 6.07) is 27.5. The van der Waals surface area contributed by atoms with Crippen LogP contribution < -0.4 is 15.5 Å². The summed E-state index contributed by atoms with van der Waals surface area (Å²) in [6.45, 7) is 1.61. The molecule has 0 aliphatic heterocycles. The zero-order valence-electron chi connectivity index (χ0n) is 20.2. The molecular weight excluding hydrogens is 454 g/mol. The van der Waals surface area contributed by atoms with Crippen molar-refractivity contribution in [1.82, 2.24) is 20.8 Å². The highest BCUT2D eigenvalue weighted by molar-refractivity contribution is 5.94. The van der Waals surface area contributed by atoms with Crippen LogP contribution in [0.25, 0.3) is 11.1 Å². The molecule has 2 N–H and O–H groups in total. The van der Waals surface area contributed by atoms with Crippen molar-refractivity contribution in [2.24, 2.45) is 0 Å². The summed E-state index contributed by atoms with van der Waals surface area (Å²) in [4.78, 5) is 31.0. The number of benzene rings is 3. The number of hydrogen-bond acceptors (Lipinski definition) is 6. The number of carbonyl (C=O) groups is 2. The van der Waals surface area contributed by atoms with Crippen LogP contribution in [0.4, 0.5) is 5.69 Å². The number of amides is 2. The molecule has 0 radical (unpaired) electrons. The van der Waals surface area contributed by atoms with E-state index in [0.717, 1.165) is 29.8 Å². The molecule has 1 aromatic heterocycles. The Hall–Kier alpha value is -4.46. The minimum absolute atomic E-state index is 0.00996. The van der Waals surface area contributed by atoms with E-state index in [9.17, 15) is 9.59 Å². The summed E-state index contributed by atoms with van der Waals surface area (Å²) in [7, 11) is 2.02. The lowest BCUT2D eigenvalue weighted by Gasteiger charge is -2.18. The zero-order chi connectivity index (χ0) is 25.2. The van der Waals surface area contributed by atoms with E-state index in [1.165, 1.54) is 0 Å². The SMILES string of the molecule is CN(CCCNC(=O)c1noc(CCNC(=O)c2ccc(-c3ccccc3)cc2)n1)c1ccccc1. The maximum atomic E-state index is 12.4. The molecule has 0 fully saturated rings. The number of hydrogen-bond donors (Lipinski definition) is 2. The van der Waals surface area contributed by atoms with Crippen LogP contribution in [-0.2, 0) is 6.42 Å². The molecule has 8 heteroatoms. The molecule has 0 atom stereocenters. The van der Waals surface area contributed by atoms with Gasteiger partial charge in [-0.25, -0.2) is 0 Å². The smallest absolute Gasteiger partial charge is 0.292 e. The maximum Gasteiger partial charge on any atom is 0.292 e. The van der Waals surface area contributed by atoms with Crippen LogP contribution in [0.3, 0.4) is 0 Å². The first-order valence-corrected chi connectivity index (χ1v) is 11.9. The van der Waals surface area contributed by atoms with E-state index in [1.807, 2.05) is 79.8 Å². The van der Waals surface area contributed by atoms with Crippen LogP contribution in [-0.4, -0.2) is 48.6 Å². The number of carbonyl (C=O) groups excluding carboxylic acids is 2. The Morgan fingerprint density at radius 2 is 1.44 bits per heavy atom. The molecule has 184 valence electrons. The van der Waals surface area contributed by atoms with Crippen molar-refractivity contribution in [3.8, 4) is 11.1 Å².